The van der Waals surface area contributed by atoms with Crippen molar-refractivity contribution in [3.8, 4) is 67.5 Å². The zero-order valence-electron chi connectivity index (χ0n) is 49.4. The highest BCUT2D eigenvalue weighted by molar-refractivity contribution is 5.98. The minimum atomic E-state index is -0.937. The Hall–Kier alpha value is -12.0. The maximum absolute atomic E-state index is 11.0. The van der Waals surface area contributed by atoms with Gasteiger partial charge >= 0.3 is 41.8 Å². The van der Waals surface area contributed by atoms with Crippen LogP contribution in [0.2, 0.25) is 0 Å². The Morgan fingerprint density at radius 2 is 0.451 bits per heavy atom. The maximum Gasteiger partial charge on any atom is 0.335 e. The second-order valence-corrected chi connectivity index (χ2v) is 20.8. The van der Waals surface area contributed by atoms with Gasteiger partial charge in [0, 0.05) is 27.7 Å². The highest BCUT2D eigenvalue weighted by Crippen LogP contribution is 2.32. The van der Waals surface area contributed by atoms with Crippen molar-refractivity contribution in [3.63, 3.8) is 0 Å². The van der Waals surface area contributed by atoms with Crippen molar-refractivity contribution >= 4 is 84.9 Å². The largest absolute Gasteiger partial charge is 0.478 e. The van der Waals surface area contributed by atoms with E-state index < -0.39 is 17.9 Å². The average Bonchev–Trinajstić information content (AvgIpc) is 1.18. The summed E-state index contributed by atoms with van der Waals surface area (Å²) in [6.07, 6.45) is 0. The van der Waals surface area contributed by atoms with E-state index in [0.717, 1.165) is 82.0 Å². The molecule has 0 aliphatic heterocycles. The summed E-state index contributed by atoms with van der Waals surface area (Å²) in [5.41, 5.74) is 10.4. The third kappa shape index (κ3) is 17.6. The van der Waals surface area contributed by atoms with Crippen LogP contribution in [-0.4, -0.2) is 57.1 Å². The molecule has 12 aromatic rings. The van der Waals surface area contributed by atoms with Gasteiger partial charge in [0.05, 0.1) is 16.7 Å². The molecule has 0 unspecified atom stereocenters. The summed E-state index contributed by atoms with van der Waals surface area (Å²) in [5, 5.41) is 34.8. The van der Waals surface area contributed by atoms with Crippen LogP contribution in [-0.2, 0) is 19.2 Å². The van der Waals surface area contributed by atoms with Crippen LogP contribution in [0.1, 0.15) is 71.8 Å². The predicted molar refractivity (Wildman–Crippen MR) is 355 cm³/mol. The lowest BCUT2D eigenvalue weighted by Gasteiger charge is -2.07. The zero-order valence-corrected chi connectivity index (χ0v) is 49.4. The van der Waals surface area contributed by atoms with Crippen LogP contribution in [0.15, 0.2) is 243 Å². The molecule has 3 N–H and O–H groups in total. The first kappa shape index (κ1) is 65.0. The molecule has 0 heterocycles. The van der Waals surface area contributed by atoms with Gasteiger partial charge in [0.25, 0.3) is 0 Å². The molecule has 0 fully saturated rings. The van der Waals surface area contributed by atoms with E-state index >= 15 is 0 Å². The molecule has 14 nitrogen and oxygen atoms in total. The van der Waals surface area contributed by atoms with Gasteiger partial charge in [-0.3, -0.25) is 19.2 Å². The van der Waals surface area contributed by atoms with Crippen molar-refractivity contribution in [1.82, 2.24) is 0 Å². The van der Waals surface area contributed by atoms with Crippen molar-refractivity contribution in [1.29, 1.82) is 0 Å². The van der Waals surface area contributed by atoms with Crippen molar-refractivity contribution < 1.29 is 67.8 Å². The molecular formula is C77H62O14. The van der Waals surface area contributed by atoms with Gasteiger partial charge in [-0.1, -0.05) is 146 Å². The van der Waals surface area contributed by atoms with Gasteiger partial charge in [0.1, 0.15) is 23.0 Å². The number of aryl methyl sites for hydroxylation is 1. The lowest BCUT2D eigenvalue weighted by Crippen LogP contribution is -2.01. The van der Waals surface area contributed by atoms with Crippen LogP contribution in [0.3, 0.4) is 0 Å². The van der Waals surface area contributed by atoms with Crippen LogP contribution in [0.25, 0.3) is 87.6 Å². The van der Waals surface area contributed by atoms with Gasteiger partial charge in [-0.25, -0.2) is 14.4 Å². The van der Waals surface area contributed by atoms with Crippen molar-refractivity contribution in [2.24, 2.45) is 0 Å². The molecule has 91 heavy (non-hydrogen) atoms. The highest BCUT2D eigenvalue weighted by Gasteiger charge is 2.11. The standard InChI is InChI=1S/C20H16O4.2C19H14O4.C18H14O2.CH4/c1-13(21)23-19-8-5-15(6-9-19)16-3-4-18-12-20(24-14(2)22)10-7-17(18)11-16;1-12(20)23-18-9-8-16-10-15(6-7-17(16)11-18)13-2-4-14(5-3-13)19(21)22;1-12(20)23-18-8-6-13(7-9-18)14-2-3-16-11-17(19(21)22)5-4-15(16)10-14;1-12-2-4-13(5-3-12)14-6-7-16-11-17(18(19)20)9-8-15(16)10-14;/h3-12H,1-2H3;2*2-11H,1H3,(H,21,22);2-11H,1H3,(H,19,20);1H4. The van der Waals surface area contributed by atoms with Crippen molar-refractivity contribution in [3.05, 3.63) is 265 Å². The van der Waals surface area contributed by atoms with Gasteiger partial charge in [0.2, 0.25) is 0 Å². The average molecular weight is 1210 g/mol. The molecule has 14 heteroatoms. The van der Waals surface area contributed by atoms with E-state index in [1.165, 1.54) is 38.8 Å². The smallest absolute Gasteiger partial charge is 0.335 e. The zero-order chi connectivity index (χ0) is 64.0. The molecule has 0 saturated carbocycles. The molecule has 454 valence electrons. The van der Waals surface area contributed by atoms with E-state index in [0.29, 0.717) is 28.6 Å². The number of aromatic carboxylic acids is 3. The first-order chi connectivity index (χ1) is 43.2. The van der Waals surface area contributed by atoms with E-state index in [2.05, 4.69) is 43.3 Å². The summed E-state index contributed by atoms with van der Waals surface area (Å²) in [6.45, 7) is 7.56. The monoisotopic (exact) mass is 1210 g/mol. The topological polar surface area (TPSA) is 217 Å². The van der Waals surface area contributed by atoms with Crippen LogP contribution in [0.4, 0.5) is 0 Å². The number of carboxylic acid groups (broad SMARTS) is 3. The Balaban J connectivity index is 0.000000156. The number of carbonyl (C=O) groups is 7. The van der Waals surface area contributed by atoms with Gasteiger partial charge in [-0.15, -0.1) is 0 Å². The summed E-state index contributed by atoms with van der Waals surface area (Å²) >= 11 is 0. The van der Waals surface area contributed by atoms with Crippen LogP contribution < -0.4 is 18.9 Å². The number of ether oxygens (including phenoxy) is 4. The van der Waals surface area contributed by atoms with Crippen LogP contribution >= 0.6 is 0 Å². The molecule has 0 aliphatic rings. The first-order valence-corrected chi connectivity index (χ1v) is 28.2. The van der Waals surface area contributed by atoms with Gasteiger partial charge in [0.15, 0.2) is 0 Å². The quantitative estimate of drug-likeness (QED) is 0.0811. The van der Waals surface area contributed by atoms with Gasteiger partial charge in [-0.2, -0.15) is 0 Å². The molecule has 0 spiro atoms. The Labute approximate surface area is 524 Å². The first-order valence-electron chi connectivity index (χ1n) is 28.2. The normalized spacial score (nSPS) is 10.4. The molecule has 0 aromatic heterocycles. The van der Waals surface area contributed by atoms with Gasteiger partial charge in [-0.05, 0) is 204 Å². The van der Waals surface area contributed by atoms with E-state index in [1.54, 1.807) is 91.0 Å². The van der Waals surface area contributed by atoms with Crippen molar-refractivity contribution in [2.75, 3.05) is 0 Å². The number of hydrogen-bond donors (Lipinski definition) is 3. The molecule has 0 amide bonds. The third-order valence-corrected chi connectivity index (χ3v) is 14.1. The number of carbonyl (C=O) groups excluding carboxylic acids is 4. The number of rotatable bonds is 11. The fraction of sp³-hybridized carbons (Fsp3) is 0.0779. The summed E-state index contributed by atoms with van der Waals surface area (Å²) in [5.74, 6) is -2.05. The number of hydrogen-bond acceptors (Lipinski definition) is 11. The van der Waals surface area contributed by atoms with E-state index in [9.17, 15) is 33.6 Å². The lowest BCUT2D eigenvalue weighted by atomic mass is 9.99. The Morgan fingerprint density at radius 3 is 0.747 bits per heavy atom. The van der Waals surface area contributed by atoms with Crippen LogP contribution in [0, 0.1) is 6.92 Å². The van der Waals surface area contributed by atoms with E-state index in [4.69, 9.17) is 34.3 Å². The summed E-state index contributed by atoms with van der Waals surface area (Å²) in [4.78, 5) is 76.8. The van der Waals surface area contributed by atoms with E-state index in [-0.39, 0.29) is 42.4 Å². The molecule has 12 rings (SSSR count). The molecule has 0 radical (unpaired) electrons. The molecule has 0 saturated heterocycles. The summed E-state index contributed by atoms with van der Waals surface area (Å²) in [7, 11) is 0. The Morgan fingerprint density at radius 1 is 0.242 bits per heavy atom. The highest BCUT2D eigenvalue weighted by atomic mass is 16.5. The minimum absolute atomic E-state index is 0. The fourth-order valence-electron chi connectivity index (χ4n) is 9.70. The van der Waals surface area contributed by atoms with Gasteiger partial charge < -0.3 is 34.3 Å². The summed E-state index contributed by atoms with van der Waals surface area (Å²) < 4.78 is 20.2. The number of carboxylic acids is 3. The second kappa shape index (κ2) is 29.6. The number of esters is 4. The van der Waals surface area contributed by atoms with Crippen molar-refractivity contribution in [2.45, 2.75) is 42.0 Å². The third-order valence-electron chi connectivity index (χ3n) is 14.1. The molecule has 0 atom stereocenters. The number of fused-ring (bicyclic) bond motifs is 4. The Kier molecular flexibility index (Phi) is 21.1. The lowest BCUT2D eigenvalue weighted by molar-refractivity contribution is -0.132. The molecule has 0 bridgehead atoms. The fourth-order valence-corrected chi connectivity index (χ4v) is 9.70. The second-order valence-electron chi connectivity index (χ2n) is 20.8. The SMILES string of the molecule is C.CC(=O)Oc1ccc(-c2ccc3cc(C(=O)O)ccc3c2)cc1.CC(=O)Oc1ccc(-c2ccc3cc(OC(C)=O)ccc3c2)cc1.CC(=O)Oc1ccc2cc(-c3ccc(C(=O)O)cc3)ccc2c1.Cc1ccc(-c2ccc3cc(C(=O)O)ccc3c2)cc1. The predicted octanol–water partition coefficient (Wildman–Crippen LogP) is 17.8. The molecular weight excluding hydrogens is 1150 g/mol. The minimum Gasteiger partial charge on any atom is -0.478 e. The molecule has 0 aliphatic carbocycles. The van der Waals surface area contributed by atoms with Crippen LogP contribution in [0.5, 0.6) is 23.0 Å². The molecule has 12 aromatic carbocycles. The summed E-state index contributed by atoms with van der Waals surface area (Å²) in [6, 6.07) is 74.9. The number of benzene rings is 12. The van der Waals surface area contributed by atoms with E-state index in [1.807, 2.05) is 115 Å². The maximum atomic E-state index is 11.0. The Bertz CT molecular complexity index is 4680.